The number of halogens is 1. The van der Waals surface area contributed by atoms with E-state index >= 15 is 0 Å². The minimum Gasteiger partial charge on any atom is -0.507 e. The normalized spacial score (nSPS) is 12.5. The molecule has 90 valence electrons. The van der Waals surface area contributed by atoms with E-state index in [0.29, 0.717) is 0 Å². The fraction of sp³-hybridized carbons (Fsp3) is 0.500. The average molecular weight is 226 g/mol. The molecule has 1 atom stereocenters. The van der Waals surface area contributed by atoms with Crippen LogP contribution in [0.25, 0.3) is 0 Å². The van der Waals surface area contributed by atoms with Crippen LogP contribution < -0.4 is 10.6 Å². The Morgan fingerprint density at radius 1 is 1.38 bits per heavy atom. The Morgan fingerprint density at radius 3 is 2.44 bits per heavy atom. The number of rotatable bonds is 5. The highest BCUT2D eigenvalue weighted by atomic mass is 19.1. The second kappa shape index (κ2) is 5.70. The lowest BCUT2D eigenvalue weighted by Crippen LogP contribution is -2.21. The lowest BCUT2D eigenvalue weighted by molar-refractivity contribution is 0.338. The lowest BCUT2D eigenvalue weighted by Gasteiger charge is -2.22. The fourth-order valence-corrected chi connectivity index (χ4v) is 1.71. The Hall–Kier alpha value is -1.29. The summed E-state index contributed by atoms with van der Waals surface area (Å²) < 4.78 is 13.3. The molecule has 1 aromatic carbocycles. The van der Waals surface area contributed by atoms with Crippen LogP contribution in [0.3, 0.4) is 0 Å². The molecule has 0 bridgehead atoms. The SMILES string of the molecule is CCN(CC)c1ccc(C(F)CN)c(O)c1. The van der Waals surface area contributed by atoms with Gasteiger partial charge in [-0.15, -0.1) is 0 Å². The smallest absolute Gasteiger partial charge is 0.141 e. The number of phenolic OH excluding ortho intramolecular Hbond substituents is 1. The number of anilines is 1. The predicted octanol–water partition coefficient (Wildman–Crippen LogP) is 2.21. The van der Waals surface area contributed by atoms with Gasteiger partial charge in [0, 0.05) is 37.0 Å². The summed E-state index contributed by atoms with van der Waals surface area (Å²) in [6.45, 7) is 5.66. The number of aromatic hydroxyl groups is 1. The lowest BCUT2D eigenvalue weighted by atomic mass is 10.1. The van der Waals surface area contributed by atoms with Gasteiger partial charge in [-0.25, -0.2) is 4.39 Å². The maximum absolute atomic E-state index is 13.3. The zero-order valence-corrected chi connectivity index (χ0v) is 9.78. The molecule has 0 amide bonds. The second-order valence-electron chi connectivity index (χ2n) is 3.62. The molecule has 0 aliphatic carbocycles. The molecule has 3 nitrogen and oxygen atoms in total. The van der Waals surface area contributed by atoms with Crippen LogP contribution in [0.15, 0.2) is 18.2 Å². The second-order valence-corrected chi connectivity index (χ2v) is 3.62. The third-order valence-corrected chi connectivity index (χ3v) is 2.69. The molecule has 0 aliphatic rings. The molecule has 0 fully saturated rings. The molecule has 0 heterocycles. The number of alkyl halides is 1. The first-order valence-electron chi connectivity index (χ1n) is 5.56. The van der Waals surface area contributed by atoms with E-state index < -0.39 is 6.17 Å². The summed E-state index contributed by atoms with van der Waals surface area (Å²) in [7, 11) is 0. The third kappa shape index (κ3) is 2.64. The summed E-state index contributed by atoms with van der Waals surface area (Å²) in [5.74, 6) is -0.0256. The summed E-state index contributed by atoms with van der Waals surface area (Å²) in [4.78, 5) is 2.08. The van der Waals surface area contributed by atoms with Crippen molar-refractivity contribution >= 4 is 5.69 Å². The quantitative estimate of drug-likeness (QED) is 0.809. The number of phenols is 1. The van der Waals surface area contributed by atoms with Crippen LogP contribution in [-0.2, 0) is 0 Å². The maximum Gasteiger partial charge on any atom is 0.141 e. The summed E-state index contributed by atoms with van der Waals surface area (Å²) in [5, 5.41) is 9.71. The maximum atomic E-state index is 13.3. The van der Waals surface area contributed by atoms with Crippen molar-refractivity contribution in [1.82, 2.24) is 0 Å². The van der Waals surface area contributed by atoms with E-state index in [-0.39, 0.29) is 17.9 Å². The molecule has 16 heavy (non-hydrogen) atoms. The Bertz CT molecular complexity index is 340. The Kier molecular flexibility index (Phi) is 4.55. The van der Waals surface area contributed by atoms with Crippen LogP contribution in [0, 0.1) is 0 Å². The van der Waals surface area contributed by atoms with E-state index in [1.807, 2.05) is 19.9 Å². The van der Waals surface area contributed by atoms with Crippen molar-refractivity contribution < 1.29 is 9.50 Å². The Morgan fingerprint density at radius 2 is 2.00 bits per heavy atom. The number of hydrogen-bond donors (Lipinski definition) is 2. The topological polar surface area (TPSA) is 49.5 Å². The van der Waals surface area contributed by atoms with Crippen molar-refractivity contribution in [2.75, 3.05) is 24.5 Å². The van der Waals surface area contributed by atoms with E-state index in [1.165, 1.54) is 0 Å². The van der Waals surface area contributed by atoms with Crippen LogP contribution in [0.1, 0.15) is 25.6 Å². The number of nitrogens with two attached hydrogens (primary N) is 1. The molecule has 0 spiro atoms. The molecule has 4 heteroatoms. The highest BCUT2D eigenvalue weighted by Crippen LogP contribution is 2.30. The van der Waals surface area contributed by atoms with Gasteiger partial charge in [0.15, 0.2) is 0 Å². The Balaban J connectivity index is 2.98. The molecule has 0 radical (unpaired) electrons. The highest BCUT2D eigenvalue weighted by Gasteiger charge is 2.13. The van der Waals surface area contributed by atoms with Gasteiger partial charge in [0.2, 0.25) is 0 Å². The van der Waals surface area contributed by atoms with Crippen molar-refractivity contribution in [1.29, 1.82) is 0 Å². The molecule has 1 rings (SSSR count). The summed E-state index contributed by atoms with van der Waals surface area (Å²) >= 11 is 0. The molecule has 1 aromatic rings. The minimum atomic E-state index is -1.30. The van der Waals surface area contributed by atoms with Crippen LogP contribution in [0.5, 0.6) is 5.75 Å². The van der Waals surface area contributed by atoms with E-state index in [9.17, 15) is 9.50 Å². The average Bonchev–Trinajstić information content (AvgIpc) is 2.30. The Labute approximate surface area is 95.7 Å². The molecule has 0 saturated heterocycles. The van der Waals surface area contributed by atoms with Crippen LogP contribution >= 0.6 is 0 Å². The molecule has 1 unspecified atom stereocenters. The predicted molar refractivity (Wildman–Crippen MR) is 64.6 cm³/mol. The number of benzene rings is 1. The largest absolute Gasteiger partial charge is 0.507 e. The first-order valence-corrected chi connectivity index (χ1v) is 5.56. The number of nitrogens with zero attached hydrogens (tertiary/aromatic N) is 1. The highest BCUT2D eigenvalue weighted by molar-refractivity contribution is 5.53. The zero-order chi connectivity index (χ0) is 12.1. The van der Waals surface area contributed by atoms with Crippen molar-refractivity contribution in [3.05, 3.63) is 23.8 Å². The van der Waals surface area contributed by atoms with Crippen LogP contribution in [0.2, 0.25) is 0 Å². The minimum absolute atomic E-state index is 0.0256. The van der Waals surface area contributed by atoms with Gasteiger partial charge in [-0.2, -0.15) is 0 Å². The van der Waals surface area contributed by atoms with Gasteiger partial charge in [-0.1, -0.05) is 6.07 Å². The standard InChI is InChI=1S/C12H19FN2O/c1-3-15(4-2)9-5-6-10(11(13)8-14)12(16)7-9/h5-7,11,16H,3-4,8,14H2,1-2H3. The van der Waals surface area contributed by atoms with Crippen molar-refractivity contribution in [2.24, 2.45) is 5.73 Å². The molecular formula is C12H19FN2O. The van der Waals surface area contributed by atoms with E-state index in [1.54, 1.807) is 12.1 Å². The van der Waals surface area contributed by atoms with E-state index in [2.05, 4.69) is 4.90 Å². The van der Waals surface area contributed by atoms with Gasteiger partial charge in [0.25, 0.3) is 0 Å². The molecule has 0 aromatic heterocycles. The van der Waals surface area contributed by atoms with Gasteiger partial charge in [-0.05, 0) is 19.9 Å². The molecule has 3 N–H and O–H groups in total. The molecule has 0 saturated carbocycles. The molecular weight excluding hydrogens is 207 g/mol. The van der Waals surface area contributed by atoms with Crippen LogP contribution in [0.4, 0.5) is 10.1 Å². The fourth-order valence-electron chi connectivity index (χ4n) is 1.71. The summed E-state index contributed by atoms with van der Waals surface area (Å²) in [5.41, 5.74) is 6.39. The third-order valence-electron chi connectivity index (χ3n) is 2.69. The summed E-state index contributed by atoms with van der Waals surface area (Å²) in [6, 6.07) is 5.00. The van der Waals surface area contributed by atoms with Gasteiger partial charge >= 0.3 is 0 Å². The van der Waals surface area contributed by atoms with Crippen molar-refractivity contribution in [3.63, 3.8) is 0 Å². The zero-order valence-electron chi connectivity index (χ0n) is 9.78. The van der Waals surface area contributed by atoms with Crippen molar-refractivity contribution in [3.8, 4) is 5.75 Å². The number of hydrogen-bond acceptors (Lipinski definition) is 3. The van der Waals surface area contributed by atoms with Gasteiger partial charge < -0.3 is 15.7 Å². The monoisotopic (exact) mass is 226 g/mol. The van der Waals surface area contributed by atoms with Gasteiger partial charge in [0.05, 0.1) is 0 Å². The first kappa shape index (κ1) is 12.8. The van der Waals surface area contributed by atoms with E-state index in [4.69, 9.17) is 5.73 Å². The van der Waals surface area contributed by atoms with Gasteiger partial charge in [0.1, 0.15) is 11.9 Å². The summed E-state index contributed by atoms with van der Waals surface area (Å²) in [6.07, 6.45) is -1.30. The van der Waals surface area contributed by atoms with E-state index in [0.717, 1.165) is 18.8 Å². The first-order chi connectivity index (χ1) is 7.63. The van der Waals surface area contributed by atoms with Crippen molar-refractivity contribution in [2.45, 2.75) is 20.0 Å². The molecule has 0 aliphatic heterocycles. The van der Waals surface area contributed by atoms with Gasteiger partial charge in [-0.3, -0.25) is 0 Å². The van der Waals surface area contributed by atoms with Crippen LogP contribution in [-0.4, -0.2) is 24.7 Å².